The second-order valence-corrected chi connectivity index (χ2v) is 8.52. The molecule has 1 fully saturated rings. The van der Waals surface area contributed by atoms with E-state index in [0.717, 1.165) is 11.1 Å². The molecule has 1 saturated heterocycles. The fourth-order valence-electron chi connectivity index (χ4n) is 3.69. The van der Waals surface area contributed by atoms with E-state index in [-0.39, 0.29) is 30.6 Å². The zero-order valence-corrected chi connectivity index (χ0v) is 19.2. The molecule has 1 aliphatic heterocycles. The number of hydrogen-bond acceptors (Lipinski definition) is 3. The molecule has 3 aromatic carbocycles. The second kappa shape index (κ2) is 10.1. The molecule has 0 unspecified atom stereocenters. The maximum atomic E-state index is 13.4. The molecule has 8 heteroatoms. The first-order valence-corrected chi connectivity index (χ1v) is 11.1. The molecule has 33 heavy (non-hydrogen) atoms. The van der Waals surface area contributed by atoms with Gasteiger partial charge in [0.05, 0.1) is 13.0 Å². The first kappa shape index (κ1) is 22.9. The summed E-state index contributed by atoms with van der Waals surface area (Å²) in [6.45, 7) is 0.600. The number of amides is 2. The first-order chi connectivity index (χ1) is 15.9. The van der Waals surface area contributed by atoms with E-state index in [1.54, 1.807) is 41.3 Å². The molecule has 4 rings (SSSR count). The molecule has 3 aromatic rings. The van der Waals surface area contributed by atoms with Crippen molar-refractivity contribution in [3.63, 3.8) is 0 Å². The summed E-state index contributed by atoms with van der Waals surface area (Å²) in [4.78, 5) is 29.4. The van der Waals surface area contributed by atoms with Crippen LogP contribution in [0.1, 0.15) is 17.5 Å². The largest absolute Gasteiger partial charge is 0.332 e. The van der Waals surface area contributed by atoms with Gasteiger partial charge in [0.25, 0.3) is 5.91 Å². The topological polar surface area (TPSA) is 52.7 Å². The number of nitrogens with zero attached hydrogens (tertiary/aromatic N) is 2. The summed E-state index contributed by atoms with van der Waals surface area (Å²) < 4.78 is 13.4. The van der Waals surface area contributed by atoms with E-state index >= 15 is 0 Å². The molecule has 1 N–H and O–H groups in total. The van der Waals surface area contributed by atoms with Gasteiger partial charge in [0.2, 0.25) is 5.91 Å². The van der Waals surface area contributed by atoms with Crippen molar-refractivity contribution in [2.24, 2.45) is 0 Å². The van der Waals surface area contributed by atoms with Crippen molar-refractivity contribution in [3.8, 4) is 0 Å². The molecule has 5 nitrogen and oxygen atoms in total. The van der Waals surface area contributed by atoms with E-state index in [9.17, 15) is 14.0 Å². The Morgan fingerprint density at radius 2 is 1.58 bits per heavy atom. The maximum absolute atomic E-state index is 13.4. The van der Waals surface area contributed by atoms with E-state index in [4.69, 9.17) is 23.8 Å². The van der Waals surface area contributed by atoms with Gasteiger partial charge in [-0.05, 0) is 59.7 Å². The number of hydrogen-bond donors (Lipinski definition) is 1. The third kappa shape index (κ3) is 5.56. The van der Waals surface area contributed by atoms with Gasteiger partial charge < -0.3 is 10.2 Å². The number of benzene rings is 3. The van der Waals surface area contributed by atoms with Crippen molar-refractivity contribution in [3.05, 3.63) is 101 Å². The lowest BCUT2D eigenvalue weighted by molar-refractivity contribution is -0.131. The minimum atomic E-state index is -0.765. The molecule has 0 aliphatic carbocycles. The Morgan fingerprint density at radius 3 is 2.24 bits per heavy atom. The molecule has 0 spiro atoms. The highest BCUT2D eigenvalue weighted by Crippen LogP contribution is 2.26. The van der Waals surface area contributed by atoms with Crippen molar-refractivity contribution in [1.29, 1.82) is 0 Å². The Hall–Kier alpha value is -3.29. The number of carbonyl (C=O) groups excluding carboxylic acids is 2. The summed E-state index contributed by atoms with van der Waals surface area (Å²) in [6.07, 6.45) is -0.0753. The van der Waals surface area contributed by atoms with Crippen molar-refractivity contribution >= 4 is 46.4 Å². The highest BCUT2D eigenvalue weighted by molar-refractivity contribution is 7.80. The molecule has 1 atom stereocenters. The first-order valence-electron chi connectivity index (χ1n) is 10.4. The summed E-state index contributed by atoms with van der Waals surface area (Å²) in [6, 6.07) is 21.5. The summed E-state index contributed by atoms with van der Waals surface area (Å²) in [5.74, 6) is -0.898. The van der Waals surface area contributed by atoms with Gasteiger partial charge in [-0.1, -0.05) is 54.1 Å². The zero-order chi connectivity index (χ0) is 23.4. The van der Waals surface area contributed by atoms with Crippen LogP contribution >= 0.6 is 23.8 Å². The van der Waals surface area contributed by atoms with Crippen LogP contribution in [0.4, 0.5) is 10.1 Å². The van der Waals surface area contributed by atoms with Gasteiger partial charge in [-0.2, -0.15) is 0 Å². The normalized spacial score (nSPS) is 15.8. The molecule has 0 bridgehead atoms. The molecular formula is C25H21ClFN3O2S. The number of nitrogens with one attached hydrogen (secondary N) is 1. The molecule has 0 aromatic heterocycles. The number of carbonyl (C=O) groups is 2. The van der Waals surface area contributed by atoms with E-state index < -0.39 is 6.04 Å². The molecule has 168 valence electrons. The van der Waals surface area contributed by atoms with Crippen molar-refractivity contribution < 1.29 is 14.0 Å². The fourth-order valence-corrected chi connectivity index (χ4v) is 4.16. The van der Waals surface area contributed by atoms with Crippen LogP contribution in [0.5, 0.6) is 0 Å². The Morgan fingerprint density at radius 1 is 0.939 bits per heavy atom. The summed E-state index contributed by atoms with van der Waals surface area (Å²) in [5.41, 5.74) is 2.31. The Balaban J connectivity index is 1.55. The molecule has 1 aliphatic rings. The van der Waals surface area contributed by atoms with E-state index in [0.29, 0.717) is 22.4 Å². The Kier molecular flexibility index (Phi) is 7.01. The second-order valence-electron chi connectivity index (χ2n) is 7.72. The van der Waals surface area contributed by atoms with E-state index in [1.807, 2.05) is 30.3 Å². The molecule has 1 heterocycles. The van der Waals surface area contributed by atoms with Crippen molar-refractivity contribution in [2.45, 2.75) is 25.6 Å². The number of anilines is 1. The minimum Gasteiger partial charge on any atom is -0.332 e. The van der Waals surface area contributed by atoms with Gasteiger partial charge in [-0.15, -0.1) is 0 Å². The standard InChI is InChI=1S/C25H21ClFN3O2S/c26-19-8-12-21(13-9-19)28-23(31)14-22-24(32)30(16-17-4-2-1-3-5-17)25(33)29(22)15-18-6-10-20(27)11-7-18/h1-13,22H,14-16H2,(H,28,31)/t22-/m0/s1. The third-order valence-corrected chi connectivity index (χ3v) is 6.07. The van der Waals surface area contributed by atoms with Crippen LogP contribution in [0, 0.1) is 5.82 Å². The van der Waals surface area contributed by atoms with Crippen LogP contribution in [0.25, 0.3) is 0 Å². The minimum absolute atomic E-state index is 0.0753. The fraction of sp³-hybridized carbons (Fsp3) is 0.160. The highest BCUT2D eigenvalue weighted by Gasteiger charge is 2.43. The van der Waals surface area contributed by atoms with Gasteiger partial charge in [0.1, 0.15) is 11.9 Å². The van der Waals surface area contributed by atoms with Crippen LogP contribution in [0.2, 0.25) is 5.02 Å². The lowest BCUT2D eigenvalue weighted by atomic mass is 10.1. The number of thiocarbonyl (C=S) groups is 1. The van der Waals surface area contributed by atoms with E-state index in [2.05, 4.69) is 5.32 Å². The predicted molar refractivity (Wildman–Crippen MR) is 130 cm³/mol. The smallest absolute Gasteiger partial charge is 0.252 e. The van der Waals surface area contributed by atoms with Gasteiger partial charge >= 0.3 is 0 Å². The summed E-state index contributed by atoms with van der Waals surface area (Å²) in [5, 5.41) is 3.71. The van der Waals surface area contributed by atoms with Crippen molar-refractivity contribution in [2.75, 3.05) is 5.32 Å². The Labute approximate surface area is 201 Å². The quantitative estimate of drug-likeness (QED) is 0.482. The Bertz CT molecular complexity index is 1160. The summed E-state index contributed by atoms with van der Waals surface area (Å²) >= 11 is 11.5. The average Bonchev–Trinajstić information content (AvgIpc) is 3.02. The lowest BCUT2D eigenvalue weighted by Crippen LogP contribution is -2.37. The number of rotatable bonds is 7. The molecule has 0 radical (unpaired) electrons. The SMILES string of the molecule is O=C(C[C@H]1C(=O)N(Cc2ccccc2)C(=S)N1Cc1ccc(F)cc1)Nc1ccc(Cl)cc1. The molecular weight excluding hydrogens is 461 g/mol. The van der Waals surface area contributed by atoms with Gasteiger partial charge in [-0.3, -0.25) is 14.5 Å². The molecule has 0 saturated carbocycles. The third-order valence-electron chi connectivity index (χ3n) is 5.36. The molecule has 2 amide bonds. The lowest BCUT2D eigenvalue weighted by Gasteiger charge is -2.24. The highest BCUT2D eigenvalue weighted by atomic mass is 35.5. The summed E-state index contributed by atoms with van der Waals surface area (Å²) in [7, 11) is 0. The van der Waals surface area contributed by atoms with Crippen LogP contribution in [-0.2, 0) is 22.7 Å². The monoisotopic (exact) mass is 481 g/mol. The van der Waals surface area contributed by atoms with Crippen LogP contribution in [-0.4, -0.2) is 32.8 Å². The van der Waals surface area contributed by atoms with Gasteiger partial charge in [0.15, 0.2) is 5.11 Å². The van der Waals surface area contributed by atoms with E-state index in [1.165, 1.54) is 17.0 Å². The van der Waals surface area contributed by atoms with Gasteiger partial charge in [-0.25, -0.2) is 4.39 Å². The van der Waals surface area contributed by atoms with Crippen LogP contribution in [0.15, 0.2) is 78.9 Å². The predicted octanol–water partition coefficient (Wildman–Crippen LogP) is 5.01. The van der Waals surface area contributed by atoms with Crippen LogP contribution < -0.4 is 5.32 Å². The van der Waals surface area contributed by atoms with Gasteiger partial charge in [0, 0.05) is 17.3 Å². The zero-order valence-electron chi connectivity index (χ0n) is 17.6. The number of halogens is 2. The van der Waals surface area contributed by atoms with Crippen LogP contribution in [0.3, 0.4) is 0 Å². The maximum Gasteiger partial charge on any atom is 0.252 e. The average molecular weight is 482 g/mol. The van der Waals surface area contributed by atoms with Crippen molar-refractivity contribution in [1.82, 2.24) is 9.80 Å².